The second-order valence-corrected chi connectivity index (χ2v) is 12.2. The fourth-order valence-corrected chi connectivity index (χ4v) is 7.23. The molecule has 2 aromatic heterocycles. The van der Waals surface area contributed by atoms with Crippen LogP contribution in [0.25, 0.3) is 0 Å². The van der Waals surface area contributed by atoms with Crippen molar-refractivity contribution in [1.82, 2.24) is 10.2 Å². The van der Waals surface area contributed by atoms with Gasteiger partial charge in [0.1, 0.15) is 11.6 Å². The van der Waals surface area contributed by atoms with E-state index in [2.05, 4.69) is 21.6 Å². The number of carbonyl (C=O) groups excluding carboxylic acids is 2. The molecule has 194 valence electrons. The largest absolute Gasteiger partial charge is 0.497 e. The Morgan fingerprint density at radius 3 is 2.71 bits per heavy atom. The van der Waals surface area contributed by atoms with E-state index in [1.807, 2.05) is 19.1 Å². The monoisotopic (exact) mass is 564 g/mol. The topological polar surface area (TPSA) is 134 Å². The highest BCUT2D eigenvalue weighted by Crippen LogP contribution is 2.48. The Morgan fingerprint density at radius 1 is 1.24 bits per heavy atom. The number of nitrogens with two attached hydrogens (primary N) is 1. The second-order valence-electron chi connectivity index (χ2n) is 8.68. The number of hydrogen-bond donors (Lipinski definition) is 2. The number of nitrogens with zero attached hydrogens (tertiary/aromatic N) is 4. The maximum atomic E-state index is 13.2. The van der Waals surface area contributed by atoms with Crippen molar-refractivity contribution >= 4 is 56.9 Å². The van der Waals surface area contributed by atoms with Gasteiger partial charge in [-0.05, 0) is 56.2 Å². The van der Waals surface area contributed by atoms with Crippen molar-refractivity contribution in [1.29, 1.82) is 5.26 Å². The maximum absolute atomic E-state index is 13.2. The van der Waals surface area contributed by atoms with E-state index in [1.54, 1.807) is 47.6 Å². The predicted octanol–water partition coefficient (Wildman–Crippen LogP) is 4.95. The smallest absolute Gasteiger partial charge is 0.234 e. The number of aryl methyl sites for hydroxylation is 1. The van der Waals surface area contributed by atoms with Gasteiger partial charge in [0.2, 0.25) is 11.0 Å². The first-order valence-electron chi connectivity index (χ1n) is 11.8. The summed E-state index contributed by atoms with van der Waals surface area (Å²) >= 11 is 4.09. The van der Waals surface area contributed by atoms with Crippen LogP contribution in [0.3, 0.4) is 0 Å². The van der Waals surface area contributed by atoms with Crippen LogP contribution in [-0.2, 0) is 9.59 Å². The zero-order chi connectivity index (χ0) is 26.8. The molecule has 1 aromatic carbocycles. The van der Waals surface area contributed by atoms with Gasteiger partial charge in [0.15, 0.2) is 10.1 Å². The molecule has 38 heavy (non-hydrogen) atoms. The lowest BCUT2D eigenvalue weighted by molar-refractivity contribution is -0.116. The number of methoxy groups -OCH3 is 1. The van der Waals surface area contributed by atoms with Gasteiger partial charge in [-0.15, -0.1) is 21.5 Å². The molecule has 2 aliphatic rings. The Labute approximate surface area is 232 Å². The van der Waals surface area contributed by atoms with Crippen molar-refractivity contribution in [3.63, 3.8) is 0 Å². The SMILES string of the molecule is COc1ccc(NC(=O)CSc2nnc(N3C(N)=C(C#N)C(c4ccc(C)s4)C4=C3CCCC4=O)s2)cc1. The van der Waals surface area contributed by atoms with Crippen LogP contribution in [-0.4, -0.2) is 34.8 Å². The van der Waals surface area contributed by atoms with Crippen LogP contribution in [0.4, 0.5) is 10.8 Å². The van der Waals surface area contributed by atoms with Crippen LogP contribution < -0.4 is 20.7 Å². The van der Waals surface area contributed by atoms with Crippen molar-refractivity contribution in [3.05, 3.63) is 68.8 Å². The number of ketones is 1. The number of ether oxygens (including phenoxy) is 1. The molecule has 3 heterocycles. The van der Waals surface area contributed by atoms with E-state index in [0.29, 0.717) is 51.3 Å². The molecule has 0 saturated carbocycles. The highest BCUT2D eigenvalue weighted by atomic mass is 32.2. The Balaban J connectivity index is 1.38. The van der Waals surface area contributed by atoms with E-state index < -0.39 is 5.92 Å². The Morgan fingerprint density at radius 2 is 2.03 bits per heavy atom. The van der Waals surface area contributed by atoms with E-state index >= 15 is 0 Å². The average Bonchev–Trinajstić information content (AvgIpc) is 3.56. The minimum Gasteiger partial charge on any atom is -0.497 e. The third-order valence-electron chi connectivity index (χ3n) is 6.25. The average molecular weight is 565 g/mol. The van der Waals surface area contributed by atoms with Crippen molar-refractivity contribution < 1.29 is 14.3 Å². The van der Waals surface area contributed by atoms with Gasteiger partial charge in [0, 0.05) is 33.1 Å². The number of rotatable bonds is 7. The molecule has 1 amide bonds. The fraction of sp³-hybridized carbons (Fsp3) is 0.269. The second kappa shape index (κ2) is 11.0. The molecule has 0 fully saturated rings. The van der Waals surface area contributed by atoms with Crippen molar-refractivity contribution in [2.24, 2.45) is 5.73 Å². The van der Waals surface area contributed by atoms with Crippen LogP contribution in [0.2, 0.25) is 0 Å². The van der Waals surface area contributed by atoms with E-state index in [1.165, 1.54) is 23.1 Å². The van der Waals surface area contributed by atoms with Crippen molar-refractivity contribution in [2.45, 2.75) is 36.4 Å². The summed E-state index contributed by atoms with van der Waals surface area (Å²) in [6, 6.07) is 13.3. The van der Waals surface area contributed by atoms with Gasteiger partial charge in [-0.25, -0.2) is 0 Å². The fourth-order valence-electron chi connectivity index (χ4n) is 4.55. The number of aromatic nitrogens is 2. The minimum absolute atomic E-state index is 0.0295. The number of amides is 1. The van der Waals surface area contributed by atoms with Crippen LogP contribution in [0.5, 0.6) is 5.75 Å². The molecule has 12 heteroatoms. The minimum atomic E-state index is -0.471. The Bertz CT molecular complexity index is 1500. The van der Waals surface area contributed by atoms with Gasteiger partial charge < -0.3 is 15.8 Å². The van der Waals surface area contributed by atoms with Crippen LogP contribution in [0.1, 0.15) is 34.9 Å². The van der Waals surface area contributed by atoms with Gasteiger partial charge in [-0.1, -0.05) is 23.1 Å². The number of Topliss-reactive ketones (excluding diaryl/α,β-unsaturated/α-hetero) is 1. The predicted molar refractivity (Wildman–Crippen MR) is 149 cm³/mol. The number of thiophene rings is 1. The van der Waals surface area contributed by atoms with E-state index in [0.717, 1.165) is 15.5 Å². The summed E-state index contributed by atoms with van der Waals surface area (Å²) in [7, 11) is 1.58. The van der Waals surface area contributed by atoms with Crippen LogP contribution in [0, 0.1) is 18.3 Å². The molecule has 0 radical (unpaired) electrons. The van der Waals surface area contributed by atoms with Crippen LogP contribution in [0.15, 0.2) is 63.4 Å². The first-order valence-corrected chi connectivity index (χ1v) is 14.4. The quantitative estimate of drug-likeness (QED) is 0.382. The van der Waals surface area contributed by atoms with Gasteiger partial charge >= 0.3 is 0 Å². The lowest BCUT2D eigenvalue weighted by Crippen LogP contribution is -2.38. The lowest BCUT2D eigenvalue weighted by atomic mass is 9.78. The maximum Gasteiger partial charge on any atom is 0.234 e. The summed E-state index contributed by atoms with van der Waals surface area (Å²) in [6.45, 7) is 2.00. The summed E-state index contributed by atoms with van der Waals surface area (Å²) in [5.41, 5.74) is 8.99. The van der Waals surface area contributed by atoms with Gasteiger partial charge in [0.05, 0.1) is 30.4 Å². The Kier molecular flexibility index (Phi) is 7.51. The zero-order valence-corrected chi connectivity index (χ0v) is 23.1. The molecule has 1 aliphatic heterocycles. The number of allylic oxidation sites excluding steroid dienone is 3. The number of nitrogens with one attached hydrogen (secondary N) is 1. The van der Waals surface area contributed by atoms with E-state index in [-0.39, 0.29) is 23.3 Å². The third-order valence-corrected chi connectivity index (χ3v) is 9.35. The van der Waals surface area contributed by atoms with E-state index in [4.69, 9.17) is 10.5 Å². The summed E-state index contributed by atoms with van der Waals surface area (Å²) in [5.74, 6) is 0.490. The summed E-state index contributed by atoms with van der Waals surface area (Å²) in [5, 5.41) is 22.0. The molecule has 1 unspecified atom stereocenters. The lowest BCUT2D eigenvalue weighted by Gasteiger charge is -2.37. The number of nitriles is 1. The van der Waals surface area contributed by atoms with Gasteiger partial charge in [0.25, 0.3) is 0 Å². The molecular weight excluding hydrogens is 541 g/mol. The number of benzene rings is 1. The molecule has 0 bridgehead atoms. The summed E-state index contributed by atoms with van der Waals surface area (Å²) < 4.78 is 5.72. The first kappa shape index (κ1) is 26.0. The summed E-state index contributed by atoms with van der Waals surface area (Å²) in [6.07, 6.45) is 1.78. The molecule has 1 aliphatic carbocycles. The normalized spacial score (nSPS) is 17.3. The number of carbonyl (C=O) groups is 2. The van der Waals surface area contributed by atoms with Crippen LogP contribution >= 0.6 is 34.4 Å². The molecule has 0 saturated heterocycles. The third kappa shape index (κ3) is 5.05. The highest BCUT2D eigenvalue weighted by Gasteiger charge is 2.41. The van der Waals surface area contributed by atoms with E-state index in [9.17, 15) is 14.9 Å². The molecular formula is C26H24N6O3S3. The van der Waals surface area contributed by atoms with Gasteiger partial charge in [-0.2, -0.15) is 5.26 Å². The number of thioether (sulfide) groups is 1. The highest BCUT2D eigenvalue weighted by molar-refractivity contribution is 8.01. The number of hydrogen-bond acceptors (Lipinski definition) is 11. The standard InChI is InChI=1S/C26H24N6O3S3/c1-14-6-11-20(37-14)22-17(12-27)24(28)32(18-4-3-5-19(33)23(18)22)25-30-31-26(38-25)36-13-21(34)29-15-7-9-16(35-2)10-8-15/h6-11,22H,3-5,13,28H2,1-2H3,(H,29,34). The first-order chi connectivity index (χ1) is 18.4. The molecule has 3 aromatic rings. The molecule has 0 spiro atoms. The zero-order valence-electron chi connectivity index (χ0n) is 20.7. The van der Waals surface area contributed by atoms with Gasteiger partial charge in [-0.3, -0.25) is 14.5 Å². The molecule has 5 rings (SSSR count). The van der Waals surface area contributed by atoms with Crippen molar-refractivity contribution in [2.75, 3.05) is 23.1 Å². The Hall–Kier alpha value is -3.66. The molecule has 1 atom stereocenters. The van der Waals surface area contributed by atoms with Crippen molar-refractivity contribution in [3.8, 4) is 11.8 Å². The molecule has 9 nitrogen and oxygen atoms in total. The summed E-state index contributed by atoms with van der Waals surface area (Å²) in [4.78, 5) is 29.4. The molecule has 3 N–H and O–H groups in total. The number of anilines is 2.